The maximum absolute atomic E-state index is 9.90. The van der Waals surface area contributed by atoms with E-state index in [1.165, 1.54) is 0 Å². The van der Waals surface area contributed by atoms with E-state index in [4.69, 9.17) is 16.0 Å². The Morgan fingerprint density at radius 3 is 2.68 bits per heavy atom. The zero-order valence-electron chi connectivity index (χ0n) is 13.4. The third kappa shape index (κ3) is 2.24. The molecular formula is C15H19ClN4OSi. The van der Waals surface area contributed by atoms with Crippen molar-refractivity contribution in [2.24, 2.45) is 0 Å². The SMILES string of the molecule is CC1(C)CC(C#N)(O[Si](C)(C)C)c2cnc3cc(Cl)nn3c21. The van der Waals surface area contributed by atoms with E-state index in [-0.39, 0.29) is 5.41 Å². The minimum atomic E-state index is -1.91. The molecule has 1 aliphatic carbocycles. The maximum Gasteiger partial charge on any atom is 0.186 e. The van der Waals surface area contributed by atoms with Crippen LogP contribution in [-0.4, -0.2) is 22.9 Å². The Labute approximate surface area is 136 Å². The molecule has 0 saturated carbocycles. The predicted molar refractivity (Wildman–Crippen MR) is 87.4 cm³/mol. The van der Waals surface area contributed by atoms with Gasteiger partial charge in [-0.25, -0.2) is 9.50 Å². The standard InChI is InChI=1S/C15H19ClN4OSi/c1-14(2)8-15(9-17,21-22(3,4)5)10-7-18-12-6-11(16)19-20(12)13(10)14/h6-7H,8H2,1-5H3. The van der Waals surface area contributed by atoms with Crippen LogP contribution >= 0.6 is 11.6 Å². The van der Waals surface area contributed by atoms with Crippen molar-refractivity contribution in [3.8, 4) is 6.07 Å². The molecular weight excluding hydrogens is 316 g/mol. The van der Waals surface area contributed by atoms with Crippen LogP contribution in [0.25, 0.3) is 5.65 Å². The van der Waals surface area contributed by atoms with E-state index in [0.717, 1.165) is 11.3 Å². The van der Waals surface area contributed by atoms with Gasteiger partial charge in [0.2, 0.25) is 0 Å². The molecule has 1 atom stereocenters. The van der Waals surface area contributed by atoms with Gasteiger partial charge in [-0.05, 0) is 19.6 Å². The van der Waals surface area contributed by atoms with Gasteiger partial charge in [0, 0.05) is 29.7 Å². The molecule has 0 bridgehead atoms. The number of nitriles is 1. The van der Waals surface area contributed by atoms with Crippen molar-refractivity contribution in [2.75, 3.05) is 0 Å². The molecule has 0 spiro atoms. The summed E-state index contributed by atoms with van der Waals surface area (Å²) in [7, 11) is -1.91. The second-order valence-electron chi connectivity index (χ2n) is 7.47. The van der Waals surface area contributed by atoms with Crippen molar-refractivity contribution in [1.82, 2.24) is 14.6 Å². The monoisotopic (exact) mass is 334 g/mol. The van der Waals surface area contributed by atoms with E-state index in [2.05, 4.69) is 49.6 Å². The zero-order valence-corrected chi connectivity index (χ0v) is 15.2. The lowest BCUT2D eigenvalue weighted by Gasteiger charge is -2.31. The first-order valence-corrected chi connectivity index (χ1v) is 11.0. The molecule has 0 aromatic carbocycles. The summed E-state index contributed by atoms with van der Waals surface area (Å²) in [5.74, 6) is 0. The smallest absolute Gasteiger partial charge is 0.186 e. The normalized spacial score (nSPS) is 23.5. The summed E-state index contributed by atoms with van der Waals surface area (Å²) in [5.41, 5.74) is 1.27. The zero-order chi connectivity index (χ0) is 16.3. The van der Waals surface area contributed by atoms with Gasteiger partial charge in [-0.1, -0.05) is 25.4 Å². The highest BCUT2D eigenvalue weighted by molar-refractivity contribution is 6.69. The molecule has 5 nitrogen and oxygen atoms in total. The van der Waals surface area contributed by atoms with Crippen molar-refractivity contribution in [3.63, 3.8) is 0 Å². The fourth-order valence-electron chi connectivity index (χ4n) is 3.39. The largest absolute Gasteiger partial charge is 0.396 e. The molecule has 1 aliphatic rings. The second-order valence-corrected chi connectivity index (χ2v) is 12.3. The van der Waals surface area contributed by atoms with Crippen LogP contribution in [0.3, 0.4) is 0 Å². The van der Waals surface area contributed by atoms with Gasteiger partial charge in [-0.3, -0.25) is 0 Å². The summed E-state index contributed by atoms with van der Waals surface area (Å²) in [5, 5.41) is 14.6. The molecule has 7 heteroatoms. The Morgan fingerprint density at radius 2 is 2.09 bits per heavy atom. The molecule has 0 N–H and O–H groups in total. The maximum atomic E-state index is 9.90. The third-order valence-corrected chi connectivity index (χ3v) is 5.03. The number of aromatic nitrogens is 3. The third-order valence-electron chi connectivity index (χ3n) is 3.88. The van der Waals surface area contributed by atoms with Gasteiger partial charge < -0.3 is 4.43 Å². The number of hydrogen-bond donors (Lipinski definition) is 0. The molecule has 2 heterocycles. The second kappa shape index (κ2) is 4.54. The lowest BCUT2D eigenvalue weighted by atomic mass is 9.88. The molecule has 116 valence electrons. The molecule has 0 fully saturated rings. The number of fused-ring (bicyclic) bond motifs is 3. The van der Waals surface area contributed by atoms with Crippen LogP contribution in [0, 0.1) is 11.3 Å². The van der Waals surface area contributed by atoms with Gasteiger partial charge in [0.1, 0.15) is 6.07 Å². The molecule has 0 amide bonds. The van der Waals surface area contributed by atoms with Crippen LogP contribution in [0.5, 0.6) is 0 Å². The Balaban J connectivity index is 2.31. The first-order valence-electron chi connectivity index (χ1n) is 7.25. The molecule has 0 saturated heterocycles. The highest BCUT2D eigenvalue weighted by Crippen LogP contribution is 2.50. The van der Waals surface area contributed by atoms with E-state index < -0.39 is 13.9 Å². The van der Waals surface area contributed by atoms with Crippen LogP contribution in [0.15, 0.2) is 12.3 Å². The lowest BCUT2D eigenvalue weighted by molar-refractivity contribution is 0.104. The Kier molecular flexibility index (Phi) is 3.19. The van der Waals surface area contributed by atoms with Crippen LogP contribution in [0.1, 0.15) is 31.5 Å². The number of hydrogen-bond acceptors (Lipinski definition) is 4. The molecule has 0 radical (unpaired) electrons. The van der Waals surface area contributed by atoms with E-state index in [9.17, 15) is 5.26 Å². The molecule has 1 unspecified atom stereocenters. The first kappa shape index (κ1) is 15.5. The average molecular weight is 335 g/mol. The summed E-state index contributed by atoms with van der Waals surface area (Å²) >= 11 is 6.03. The van der Waals surface area contributed by atoms with E-state index in [1.54, 1.807) is 16.8 Å². The van der Waals surface area contributed by atoms with E-state index in [1.807, 2.05) is 0 Å². The van der Waals surface area contributed by atoms with Crippen molar-refractivity contribution in [1.29, 1.82) is 5.26 Å². The highest BCUT2D eigenvalue weighted by atomic mass is 35.5. The first-order chi connectivity index (χ1) is 10.1. The number of halogens is 1. The number of nitrogens with zero attached hydrogens (tertiary/aromatic N) is 4. The van der Waals surface area contributed by atoms with Crippen molar-refractivity contribution in [3.05, 3.63) is 28.7 Å². The van der Waals surface area contributed by atoms with Gasteiger partial charge >= 0.3 is 0 Å². The number of rotatable bonds is 2. The Hall–Kier alpha value is -1.42. The summed E-state index contributed by atoms with van der Waals surface area (Å²) in [4.78, 5) is 4.41. The molecule has 3 rings (SSSR count). The van der Waals surface area contributed by atoms with Crippen molar-refractivity contribution >= 4 is 25.6 Å². The average Bonchev–Trinajstić information content (AvgIpc) is 2.83. The van der Waals surface area contributed by atoms with Crippen molar-refractivity contribution < 1.29 is 4.43 Å². The highest BCUT2D eigenvalue weighted by Gasteiger charge is 2.53. The topological polar surface area (TPSA) is 63.2 Å². The van der Waals surface area contributed by atoms with E-state index in [0.29, 0.717) is 17.2 Å². The Bertz CT molecular complexity index is 802. The van der Waals surface area contributed by atoms with Gasteiger partial charge in [0.15, 0.2) is 24.7 Å². The van der Waals surface area contributed by atoms with E-state index >= 15 is 0 Å². The van der Waals surface area contributed by atoms with Crippen molar-refractivity contribution in [2.45, 2.75) is 50.9 Å². The minimum Gasteiger partial charge on any atom is -0.396 e. The summed E-state index contributed by atoms with van der Waals surface area (Å²) in [6, 6.07) is 4.14. The minimum absolute atomic E-state index is 0.249. The van der Waals surface area contributed by atoms with Gasteiger partial charge in [0.25, 0.3) is 0 Å². The van der Waals surface area contributed by atoms with Gasteiger partial charge in [-0.15, -0.1) is 0 Å². The molecule has 2 aromatic rings. The van der Waals surface area contributed by atoms with Crippen LogP contribution < -0.4 is 0 Å². The quantitative estimate of drug-likeness (QED) is 0.787. The molecule has 22 heavy (non-hydrogen) atoms. The molecule has 2 aromatic heterocycles. The van der Waals surface area contributed by atoms with Gasteiger partial charge in [0.05, 0.1) is 5.69 Å². The fraction of sp³-hybridized carbons (Fsp3) is 0.533. The van der Waals surface area contributed by atoms with Crippen LogP contribution in [-0.2, 0) is 15.4 Å². The summed E-state index contributed by atoms with van der Waals surface area (Å²) < 4.78 is 8.07. The lowest BCUT2D eigenvalue weighted by Crippen LogP contribution is -2.39. The van der Waals surface area contributed by atoms with Gasteiger partial charge in [-0.2, -0.15) is 10.4 Å². The predicted octanol–water partition coefficient (Wildman–Crippen LogP) is 3.63. The summed E-state index contributed by atoms with van der Waals surface area (Å²) in [6.07, 6.45) is 2.34. The summed E-state index contributed by atoms with van der Waals surface area (Å²) in [6.45, 7) is 10.5. The van der Waals surface area contributed by atoms with Crippen LogP contribution in [0.4, 0.5) is 0 Å². The fourth-order valence-corrected chi connectivity index (χ4v) is 4.84. The molecule has 0 aliphatic heterocycles. The Morgan fingerprint density at radius 1 is 1.41 bits per heavy atom. The van der Waals surface area contributed by atoms with Crippen LogP contribution in [0.2, 0.25) is 24.8 Å².